The van der Waals surface area contributed by atoms with Gasteiger partial charge in [0.15, 0.2) is 0 Å². The van der Waals surface area contributed by atoms with Crippen molar-refractivity contribution in [2.45, 2.75) is 85.4 Å². The first-order valence-corrected chi connectivity index (χ1v) is 17.4. The second-order valence-electron chi connectivity index (χ2n) is 7.00. The molecule has 0 aliphatic rings. The summed E-state index contributed by atoms with van der Waals surface area (Å²) in [5.74, 6) is 1.03. The fraction of sp³-hybridized carbons (Fsp3) is 1.00. The van der Waals surface area contributed by atoms with Crippen LogP contribution in [0.25, 0.3) is 0 Å². The van der Waals surface area contributed by atoms with Gasteiger partial charge in [-0.05, 0) is 70.6 Å². The Balaban J connectivity index is -0.000000174. The van der Waals surface area contributed by atoms with E-state index in [1.165, 1.54) is 32.1 Å². The van der Waals surface area contributed by atoms with E-state index in [4.69, 9.17) is 29.2 Å². The molecule has 0 saturated heterocycles. The first-order chi connectivity index (χ1) is 14.3. The maximum atomic E-state index is 5.61. The Hall–Kier alpha value is 0.894. The number of nitrogens with two attached hydrogens (primary N) is 2. The molecule has 10 heteroatoms. The maximum absolute atomic E-state index is 5.61. The minimum absolute atomic E-state index is 0. The molecule has 31 heavy (non-hydrogen) atoms. The average Bonchev–Trinajstić information content (AvgIpc) is 2.78. The normalized spacial score (nSPS) is 11.0. The van der Waals surface area contributed by atoms with Gasteiger partial charge in [-0.25, -0.2) is 0 Å². The second-order valence-corrected chi connectivity index (χ2v) is 15.4. The lowest BCUT2D eigenvalue weighted by atomic mass is 10.2. The monoisotopic (exact) mass is 520 g/mol. The highest BCUT2D eigenvalue weighted by Crippen LogP contribution is 2.14. The van der Waals surface area contributed by atoms with Crippen LogP contribution in [0.5, 0.6) is 0 Å². The summed E-state index contributed by atoms with van der Waals surface area (Å²) in [6.45, 7) is 11.2. The van der Waals surface area contributed by atoms with Crippen molar-refractivity contribution in [2.24, 2.45) is 11.5 Å². The van der Waals surface area contributed by atoms with Gasteiger partial charge in [-0.1, -0.05) is 33.6 Å². The molecule has 0 aromatic heterocycles. The molecule has 0 aromatic carbocycles. The van der Waals surface area contributed by atoms with Gasteiger partial charge in [0.2, 0.25) is 0 Å². The molecule has 0 unspecified atom stereocenters. The highest BCUT2D eigenvalue weighted by Gasteiger charge is 2.33. The van der Waals surface area contributed by atoms with Crippen LogP contribution < -0.4 is 11.5 Å². The molecule has 0 fully saturated rings. The van der Waals surface area contributed by atoms with E-state index in [0.717, 1.165) is 55.9 Å². The van der Waals surface area contributed by atoms with E-state index in [-0.39, 0.29) is 7.43 Å². The third-order valence-corrected chi connectivity index (χ3v) is 12.6. The summed E-state index contributed by atoms with van der Waals surface area (Å²) in [4.78, 5) is 0. The fourth-order valence-electron chi connectivity index (χ4n) is 2.47. The highest BCUT2D eigenvalue weighted by molar-refractivity contribution is 7.82. The average molecular weight is 521 g/mol. The summed E-state index contributed by atoms with van der Waals surface area (Å²) < 4.78 is 21.7. The standard InChI is InChI=1S/C7H17NS.C7H18O2SSi.C6H17NO2Si.CH4/c8-6-4-2-1-3-5-7-9;1-4-8-11(6-3,7-10)9-5-2;1-8-10(3,9-2)6-4-5-7;/h9H,1-8H2;10H,4-7H2,1-3H3;4-7H2,1-3H3;1H4. The Morgan fingerprint density at radius 2 is 1.19 bits per heavy atom. The van der Waals surface area contributed by atoms with E-state index in [1.54, 1.807) is 14.2 Å². The Bertz CT molecular complexity index is 316. The smallest absolute Gasteiger partial charge is 0.347 e. The van der Waals surface area contributed by atoms with Gasteiger partial charge in [-0.3, -0.25) is 0 Å². The number of rotatable bonds is 17. The molecule has 4 N–H and O–H groups in total. The number of thiol groups is 2. The summed E-state index contributed by atoms with van der Waals surface area (Å²) in [6.07, 6.45) is 7.39. The zero-order chi connectivity index (χ0) is 23.7. The third-order valence-electron chi connectivity index (χ3n) is 4.66. The van der Waals surface area contributed by atoms with Crippen molar-refractivity contribution in [3.8, 4) is 0 Å². The summed E-state index contributed by atoms with van der Waals surface area (Å²) in [6, 6.07) is 1.97. The molecule has 0 heterocycles. The summed E-state index contributed by atoms with van der Waals surface area (Å²) in [7, 11) is -0.276. The lowest BCUT2D eigenvalue weighted by Gasteiger charge is -2.26. The van der Waals surface area contributed by atoms with E-state index in [9.17, 15) is 0 Å². The Labute approximate surface area is 208 Å². The predicted octanol–water partition coefficient (Wildman–Crippen LogP) is 5.15. The third kappa shape index (κ3) is 25.4. The molecule has 194 valence electrons. The van der Waals surface area contributed by atoms with Crippen LogP contribution in [-0.2, 0) is 17.7 Å². The van der Waals surface area contributed by atoms with Crippen LogP contribution >= 0.6 is 25.3 Å². The Morgan fingerprint density at radius 1 is 0.742 bits per heavy atom. The molecule has 0 bridgehead atoms. The zero-order valence-corrected chi connectivity index (χ0v) is 24.4. The Morgan fingerprint density at radius 3 is 1.52 bits per heavy atom. The van der Waals surface area contributed by atoms with Gasteiger partial charge in [0.1, 0.15) is 0 Å². The van der Waals surface area contributed by atoms with Gasteiger partial charge in [-0.2, -0.15) is 25.3 Å². The Kier molecular flexibility index (Phi) is 36.5. The van der Waals surface area contributed by atoms with E-state index < -0.39 is 17.1 Å². The van der Waals surface area contributed by atoms with Crippen LogP contribution in [-0.4, -0.2) is 68.8 Å². The lowest BCUT2D eigenvalue weighted by Crippen LogP contribution is -2.44. The van der Waals surface area contributed by atoms with Crippen molar-refractivity contribution in [3.63, 3.8) is 0 Å². The van der Waals surface area contributed by atoms with Gasteiger partial charge in [0.25, 0.3) is 0 Å². The summed E-state index contributed by atoms with van der Waals surface area (Å²) in [5.41, 5.74) is 10.7. The molecule has 0 radical (unpaired) electrons. The van der Waals surface area contributed by atoms with Gasteiger partial charge >= 0.3 is 17.1 Å². The molecule has 6 nitrogen and oxygen atoms in total. The number of unbranched alkanes of at least 4 members (excludes halogenated alkanes) is 4. The zero-order valence-electron chi connectivity index (χ0n) is 20.6. The quantitative estimate of drug-likeness (QED) is 0.120. The van der Waals surface area contributed by atoms with Crippen LogP contribution in [0.1, 0.15) is 66.7 Å². The van der Waals surface area contributed by atoms with Crippen LogP contribution in [0, 0.1) is 0 Å². The maximum Gasteiger partial charge on any atom is 0.347 e. The van der Waals surface area contributed by atoms with E-state index in [2.05, 4.69) is 32.2 Å². The van der Waals surface area contributed by atoms with Crippen LogP contribution in [0.4, 0.5) is 0 Å². The molecule has 0 aliphatic heterocycles. The van der Waals surface area contributed by atoms with Crippen LogP contribution in [0.2, 0.25) is 18.6 Å². The van der Waals surface area contributed by atoms with Crippen molar-refractivity contribution in [1.29, 1.82) is 0 Å². The number of hydrogen-bond acceptors (Lipinski definition) is 8. The first kappa shape index (κ1) is 39.1. The summed E-state index contributed by atoms with van der Waals surface area (Å²) >= 11 is 8.38. The van der Waals surface area contributed by atoms with Crippen molar-refractivity contribution in [2.75, 3.05) is 51.7 Å². The van der Waals surface area contributed by atoms with Gasteiger partial charge < -0.3 is 29.2 Å². The molecule has 0 atom stereocenters. The molecule has 0 rings (SSSR count). The molecular weight excluding hydrogens is 465 g/mol. The van der Waals surface area contributed by atoms with Gasteiger partial charge in [0.05, 0.1) is 0 Å². The molecule has 0 aliphatic carbocycles. The van der Waals surface area contributed by atoms with E-state index in [1.807, 2.05) is 20.4 Å². The minimum Gasteiger partial charge on any atom is -0.398 e. The first-order valence-electron chi connectivity index (χ1n) is 11.3. The summed E-state index contributed by atoms with van der Waals surface area (Å²) in [5, 5.41) is 0.755. The highest BCUT2D eigenvalue weighted by atomic mass is 32.1. The molecule has 0 amide bonds. The van der Waals surface area contributed by atoms with E-state index in [0.29, 0.717) is 0 Å². The van der Waals surface area contributed by atoms with Crippen molar-refractivity contribution in [3.05, 3.63) is 0 Å². The molecular formula is C21H56N2O4S2Si2. The lowest BCUT2D eigenvalue weighted by molar-refractivity contribution is 0.189. The SMILES string of the molecule is C.CCO[Si](CC)(CS)OCC.CO[Si](C)(CCCN)OC.NCCCCCCCS. The van der Waals surface area contributed by atoms with E-state index >= 15 is 0 Å². The second kappa shape index (κ2) is 28.9. The predicted molar refractivity (Wildman–Crippen MR) is 150 cm³/mol. The van der Waals surface area contributed by atoms with Crippen molar-refractivity contribution < 1.29 is 17.7 Å². The van der Waals surface area contributed by atoms with Crippen molar-refractivity contribution in [1.82, 2.24) is 0 Å². The van der Waals surface area contributed by atoms with Crippen molar-refractivity contribution >= 4 is 42.4 Å². The fourth-order valence-corrected chi connectivity index (χ4v) is 7.29. The van der Waals surface area contributed by atoms with Crippen LogP contribution in [0.15, 0.2) is 0 Å². The largest absolute Gasteiger partial charge is 0.398 e. The molecule has 0 saturated carbocycles. The minimum atomic E-state index is -1.88. The van der Waals surface area contributed by atoms with Gasteiger partial charge in [-0.15, -0.1) is 0 Å². The molecule has 0 aromatic rings. The van der Waals surface area contributed by atoms with Crippen LogP contribution in [0.3, 0.4) is 0 Å². The molecule has 0 spiro atoms. The van der Waals surface area contributed by atoms with Gasteiger partial charge in [0, 0.05) is 32.8 Å². The number of hydrogen-bond donors (Lipinski definition) is 4. The topological polar surface area (TPSA) is 89.0 Å².